The minimum atomic E-state index is -0.302. The zero-order chi connectivity index (χ0) is 17.4. The molecular weight excluding hydrogens is 288 g/mol. The maximum absolute atomic E-state index is 12.1. The molecule has 0 unspecified atom stereocenters. The number of carbonyl (C=O) groups excluding carboxylic acids is 1. The van der Waals surface area contributed by atoms with Crippen molar-refractivity contribution in [3.05, 3.63) is 29.8 Å². The van der Waals surface area contributed by atoms with Crippen LogP contribution in [0, 0.1) is 11.8 Å². The van der Waals surface area contributed by atoms with Gasteiger partial charge >= 0.3 is 5.97 Å². The van der Waals surface area contributed by atoms with Crippen LogP contribution >= 0.6 is 0 Å². The summed E-state index contributed by atoms with van der Waals surface area (Å²) >= 11 is 0. The van der Waals surface area contributed by atoms with Crippen LogP contribution in [0.5, 0.6) is 0 Å². The molecule has 0 aliphatic carbocycles. The molecule has 1 aromatic carbocycles. The molecule has 23 heavy (non-hydrogen) atoms. The van der Waals surface area contributed by atoms with Gasteiger partial charge in [0.1, 0.15) is 6.10 Å². The lowest BCUT2D eigenvalue weighted by Crippen LogP contribution is -2.38. The van der Waals surface area contributed by atoms with Gasteiger partial charge in [-0.3, -0.25) is 0 Å². The number of nitrogen functional groups attached to an aromatic ring is 1. The third-order valence-electron chi connectivity index (χ3n) is 3.66. The second-order valence-electron chi connectivity index (χ2n) is 7.20. The van der Waals surface area contributed by atoms with Crippen LogP contribution in [-0.4, -0.2) is 24.7 Å². The number of ether oxygens (including phenoxy) is 1. The smallest absolute Gasteiger partial charge is 0.338 e. The molecule has 3 N–H and O–H groups in total. The average Bonchev–Trinajstić information content (AvgIpc) is 2.44. The number of anilines is 1. The lowest BCUT2D eigenvalue weighted by Gasteiger charge is -2.24. The van der Waals surface area contributed by atoms with Crippen molar-refractivity contribution < 1.29 is 9.53 Å². The Labute approximate surface area is 140 Å². The van der Waals surface area contributed by atoms with Gasteiger partial charge in [-0.1, -0.05) is 27.7 Å². The highest BCUT2D eigenvalue weighted by Crippen LogP contribution is 2.14. The first kappa shape index (κ1) is 19.5. The molecule has 1 rings (SSSR count). The first-order valence-corrected chi connectivity index (χ1v) is 8.57. The van der Waals surface area contributed by atoms with E-state index in [-0.39, 0.29) is 12.1 Å². The summed E-state index contributed by atoms with van der Waals surface area (Å²) in [4.78, 5) is 12.1. The van der Waals surface area contributed by atoms with Crippen LogP contribution in [0.15, 0.2) is 24.3 Å². The van der Waals surface area contributed by atoms with Crippen LogP contribution in [0.25, 0.3) is 0 Å². The summed E-state index contributed by atoms with van der Waals surface area (Å²) in [6.07, 6.45) is 2.11. The number of hydrogen-bond donors (Lipinski definition) is 2. The van der Waals surface area contributed by atoms with E-state index in [1.807, 2.05) is 6.92 Å². The van der Waals surface area contributed by atoms with E-state index in [9.17, 15) is 4.79 Å². The maximum Gasteiger partial charge on any atom is 0.338 e. The Morgan fingerprint density at radius 3 is 2.04 bits per heavy atom. The summed E-state index contributed by atoms with van der Waals surface area (Å²) in [6.45, 7) is 11.5. The number of nitrogens with two attached hydrogens (primary N) is 1. The van der Waals surface area contributed by atoms with Crippen LogP contribution in [0.2, 0.25) is 0 Å². The van der Waals surface area contributed by atoms with Crippen molar-refractivity contribution >= 4 is 11.7 Å². The average molecular weight is 320 g/mol. The van der Waals surface area contributed by atoms with Crippen LogP contribution in [0.4, 0.5) is 5.69 Å². The predicted octanol–water partition coefficient (Wildman–Crippen LogP) is 3.86. The van der Waals surface area contributed by atoms with E-state index < -0.39 is 0 Å². The summed E-state index contributed by atoms with van der Waals surface area (Å²) in [5.74, 6) is 1.00. The van der Waals surface area contributed by atoms with E-state index >= 15 is 0 Å². The minimum Gasteiger partial charge on any atom is -0.458 e. The van der Waals surface area contributed by atoms with Crippen molar-refractivity contribution in [1.29, 1.82) is 0 Å². The van der Waals surface area contributed by atoms with Gasteiger partial charge in [0.15, 0.2) is 0 Å². The van der Waals surface area contributed by atoms with Gasteiger partial charge in [0.05, 0.1) is 5.56 Å². The second kappa shape index (κ2) is 9.56. The fourth-order valence-corrected chi connectivity index (χ4v) is 2.65. The quantitative estimate of drug-likeness (QED) is 0.535. The van der Waals surface area contributed by atoms with E-state index in [1.165, 1.54) is 0 Å². The molecule has 0 bridgehead atoms. The number of benzene rings is 1. The van der Waals surface area contributed by atoms with Crippen molar-refractivity contribution in [1.82, 2.24) is 5.32 Å². The molecule has 130 valence electrons. The zero-order valence-electron chi connectivity index (χ0n) is 15.1. The maximum atomic E-state index is 12.1. The van der Waals surface area contributed by atoms with Gasteiger partial charge in [0.25, 0.3) is 0 Å². The number of nitrogens with one attached hydrogen (secondary N) is 1. The number of esters is 1. The summed E-state index contributed by atoms with van der Waals surface area (Å²) in [5, 5.41) is 3.55. The lowest BCUT2D eigenvalue weighted by atomic mass is 9.95. The Morgan fingerprint density at radius 1 is 1.04 bits per heavy atom. The molecule has 0 saturated heterocycles. The number of hydrogen-bond acceptors (Lipinski definition) is 4. The van der Waals surface area contributed by atoms with E-state index in [0.29, 0.717) is 35.7 Å². The molecule has 0 spiro atoms. The molecule has 4 nitrogen and oxygen atoms in total. The number of rotatable bonds is 9. The summed E-state index contributed by atoms with van der Waals surface area (Å²) in [5.41, 5.74) is 6.80. The van der Waals surface area contributed by atoms with Crippen molar-refractivity contribution in [3.8, 4) is 0 Å². The van der Waals surface area contributed by atoms with Crippen LogP contribution in [0.1, 0.15) is 57.8 Å². The fourth-order valence-electron chi connectivity index (χ4n) is 2.65. The second-order valence-corrected chi connectivity index (χ2v) is 7.20. The van der Waals surface area contributed by atoms with E-state index in [0.717, 1.165) is 12.8 Å². The van der Waals surface area contributed by atoms with Gasteiger partial charge in [0, 0.05) is 18.3 Å². The zero-order valence-corrected chi connectivity index (χ0v) is 15.1. The standard InChI is InChI=1S/C19H32N2O2/c1-13(2)10-18(11-14(3)4)21-12-15(5)23-19(22)16-6-8-17(20)9-7-16/h6-9,13-15,18,21H,10-12,20H2,1-5H3/t15-/m1/s1. The lowest BCUT2D eigenvalue weighted by molar-refractivity contribution is 0.0333. The Morgan fingerprint density at radius 2 is 1.57 bits per heavy atom. The van der Waals surface area contributed by atoms with Crippen LogP contribution < -0.4 is 11.1 Å². The fraction of sp³-hybridized carbons (Fsp3) is 0.632. The highest BCUT2D eigenvalue weighted by atomic mass is 16.5. The van der Waals surface area contributed by atoms with E-state index in [4.69, 9.17) is 10.5 Å². The summed E-state index contributed by atoms with van der Waals surface area (Å²) in [7, 11) is 0. The highest BCUT2D eigenvalue weighted by molar-refractivity contribution is 5.89. The normalized spacial score (nSPS) is 12.9. The molecule has 1 atom stereocenters. The Balaban J connectivity index is 2.46. The van der Waals surface area contributed by atoms with Gasteiger partial charge < -0.3 is 15.8 Å². The molecular formula is C19H32N2O2. The van der Waals surface area contributed by atoms with Crippen LogP contribution in [0.3, 0.4) is 0 Å². The van der Waals surface area contributed by atoms with Crippen LogP contribution in [-0.2, 0) is 4.74 Å². The number of carbonyl (C=O) groups is 1. The van der Waals surface area contributed by atoms with Gasteiger partial charge in [0.2, 0.25) is 0 Å². The predicted molar refractivity (Wildman–Crippen MR) is 96.4 cm³/mol. The molecule has 0 heterocycles. The minimum absolute atomic E-state index is 0.165. The van der Waals surface area contributed by atoms with E-state index in [2.05, 4.69) is 33.0 Å². The first-order chi connectivity index (χ1) is 10.8. The topological polar surface area (TPSA) is 64.3 Å². The first-order valence-electron chi connectivity index (χ1n) is 8.57. The van der Waals surface area contributed by atoms with Gasteiger partial charge in [-0.15, -0.1) is 0 Å². The van der Waals surface area contributed by atoms with Gasteiger partial charge in [-0.2, -0.15) is 0 Å². The van der Waals surface area contributed by atoms with E-state index in [1.54, 1.807) is 24.3 Å². The molecule has 0 aliphatic rings. The Kier molecular flexibility index (Phi) is 8.10. The third kappa shape index (κ3) is 8.03. The van der Waals surface area contributed by atoms with Crippen molar-refractivity contribution in [2.75, 3.05) is 12.3 Å². The Bertz CT molecular complexity index is 459. The molecule has 0 aliphatic heterocycles. The molecule has 0 fully saturated rings. The summed E-state index contributed by atoms with van der Waals surface area (Å²) < 4.78 is 5.49. The molecule has 1 aromatic rings. The molecule has 0 aromatic heterocycles. The molecule has 0 amide bonds. The molecule has 0 saturated carbocycles. The Hall–Kier alpha value is -1.55. The SMILES string of the molecule is CC(C)CC(CC(C)C)NC[C@@H](C)OC(=O)c1ccc(N)cc1. The van der Waals surface area contributed by atoms with Crippen molar-refractivity contribution in [3.63, 3.8) is 0 Å². The van der Waals surface area contributed by atoms with Crippen molar-refractivity contribution in [2.24, 2.45) is 11.8 Å². The van der Waals surface area contributed by atoms with Gasteiger partial charge in [-0.05, 0) is 55.9 Å². The molecule has 4 heteroatoms. The highest BCUT2D eigenvalue weighted by Gasteiger charge is 2.16. The third-order valence-corrected chi connectivity index (χ3v) is 3.66. The monoisotopic (exact) mass is 320 g/mol. The summed E-state index contributed by atoms with van der Waals surface area (Å²) in [6, 6.07) is 7.27. The largest absolute Gasteiger partial charge is 0.458 e. The van der Waals surface area contributed by atoms with Crippen molar-refractivity contribution in [2.45, 2.75) is 59.6 Å². The van der Waals surface area contributed by atoms with Gasteiger partial charge in [-0.25, -0.2) is 4.79 Å². The molecule has 0 radical (unpaired) electrons.